The first-order valence-corrected chi connectivity index (χ1v) is 8.06. The molecule has 0 aromatic heterocycles. The number of aliphatic imine (C=N–C) groups is 1. The van der Waals surface area contributed by atoms with Crippen LogP contribution in [-0.2, 0) is 11.3 Å². The van der Waals surface area contributed by atoms with Gasteiger partial charge in [0.05, 0.1) is 0 Å². The number of rotatable bonds is 8. The number of carbonyl (C=O) groups is 1. The van der Waals surface area contributed by atoms with Gasteiger partial charge in [0.25, 0.3) is 0 Å². The standard InChI is InChI=1S/C17H26F2N4O2.HI/c1-12(2)22-15(24)9-10-21-17(20-3)23(4)11-13-5-7-14(8-6-13)25-16(18)19;/h5-8,12,16H,9-11H2,1-4H3,(H,20,21)(H,22,24);1H. The molecule has 2 N–H and O–H groups in total. The molecule has 6 nitrogen and oxygen atoms in total. The van der Waals surface area contributed by atoms with Gasteiger partial charge in [0.2, 0.25) is 5.91 Å². The van der Waals surface area contributed by atoms with Crippen LogP contribution in [0.5, 0.6) is 5.75 Å². The molecule has 9 heteroatoms. The number of guanidine groups is 1. The average Bonchev–Trinajstić information content (AvgIpc) is 2.52. The zero-order valence-electron chi connectivity index (χ0n) is 15.5. The molecule has 1 aromatic carbocycles. The third kappa shape index (κ3) is 9.73. The average molecular weight is 484 g/mol. The molecule has 1 amide bonds. The quantitative estimate of drug-likeness (QED) is 0.339. The number of amides is 1. The van der Waals surface area contributed by atoms with Crippen LogP contribution < -0.4 is 15.4 Å². The van der Waals surface area contributed by atoms with Gasteiger partial charge in [-0.05, 0) is 31.5 Å². The van der Waals surface area contributed by atoms with Gasteiger partial charge >= 0.3 is 6.61 Å². The van der Waals surface area contributed by atoms with Crippen LogP contribution in [0.4, 0.5) is 8.78 Å². The lowest BCUT2D eigenvalue weighted by Gasteiger charge is -2.22. The van der Waals surface area contributed by atoms with Gasteiger partial charge in [0.15, 0.2) is 5.96 Å². The van der Waals surface area contributed by atoms with E-state index in [0.29, 0.717) is 25.5 Å². The van der Waals surface area contributed by atoms with Crippen molar-refractivity contribution in [2.75, 3.05) is 20.6 Å². The highest BCUT2D eigenvalue weighted by atomic mass is 127. The minimum atomic E-state index is -2.83. The summed E-state index contributed by atoms with van der Waals surface area (Å²) < 4.78 is 28.6. The zero-order valence-corrected chi connectivity index (χ0v) is 17.8. The van der Waals surface area contributed by atoms with Gasteiger partial charge in [-0.25, -0.2) is 0 Å². The number of hydrogen-bond donors (Lipinski definition) is 2. The lowest BCUT2D eigenvalue weighted by molar-refractivity contribution is -0.121. The van der Waals surface area contributed by atoms with E-state index in [9.17, 15) is 13.6 Å². The van der Waals surface area contributed by atoms with Gasteiger partial charge in [0, 0.05) is 39.6 Å². The van der Waals surface area contributed by atoms with Gasteiger partial charge in [-0.15, -0.1) is 24.0 Å². The summed E-state index contributed by atoms with van der Waals surface area (Å²) in [6.07, 6.45) is 0.352. The minimum absolute atomic E-state index is 0. The number of nitrogens with one attached hydrogen (secondary N) is 2. The summed E-state index contributed by atoms with van der Waals surface area (Å²) in [5.41, 5.74) is 0.921. The molecule has 0 aliphatic carbocycles. The van der Waals surface area contributed by atoms with Crippen LogP contribution in [0.1, 0.15) is 25.8 Å². The van der Waals surface area contributed by atoms with Gasteiger partial charge in [-0.1, -0.05) is 12.1 Å². The Balaban J connectivity index is 0.00000625. The predicted molar refractivity (Wildman–Crippen MR) is 109 cm³/mol. The number of benzene rings is 1. The molecule has 0 spiro atoms. The molecule has 0 radical (unpaired) electrons. The zero-order chi connectivity index (χ0) is 18.8. The van der Waals surface area contributed by atoms with Crippen molar-refractivity contribution >= 4 is 35.8 Å². The molecule has 0 heterocycles. The van der Waals surface area contributed by atoms with E-state index in [1.807, 2.05) is 25.8 Å². The summed E-state index contributed by atoms with van der Waals surface area (Å²) >= 11 is 0. The minimum Gasteiger partial charge on any atom is -0.435 e. The fourth-order valence-corrected chi connectivity index (χ4v) is 2.19. The van der Waals surface area contributed by atoms with Crippen molar-refractivity contribution < 1.29 is 18.3 Å². The lowest BCUT2D eigenvalue weighted by Crippen LogP contribution is -2.40. The summed E-state index contributed by atoms with van der Waals surface area (Å²) in [7, 11) is 3.51. The second kappa shape index (κ2) is 12.7. The SMILES string of the molecule is CN=C(NCCC(=O)NC(C)C)N(C)Cc1ccc(OC(F)F)cc1.I. The van der Waals surface area contributed by atoms with E-state index < -0.39 is 6.61 Å². The molecule has 26 heavy (non-hydrogen) atoms. The van der Waals surface area contributed by atoms with E-state index in [-0.39, 0.29) is 41.7 Å². The van der Waals surface area contributed by atoms with Crippen molar-refractivity contribution in [3.63, 3.8) is 0 Å². The van der Waals surface area contributed by atoms with E-state index in [1.165, 1.54) is 12.1 Å². The first kappa shape index (κ1) is 24.4. The van der Waals surface area contributed by atoms with Crippen molar-refractivity contribution in [3.05, 3.63) is 29.8 Å². The van der Waals surface area contributed by atoms with Crippen molar-refractivity contribution in [2.24, 2.45) is 4.99 Å². The maximum atomic E-state index is 12.1. The van der Waals surface area contributed by atoms with Crippen LogP contribution in [0, 0.1) is 0 Å². The second-order valence-electron chi connectivity index (χ2n) is 5.82. The van der Waals surface area contributed by atoms with Crippen molar-refractivity contribution in [3.8, 4) is 5.75 Å². The topological polar surface area (TPSA) is 66.0 Å². The second-order valence-corrected chi connectivity index (χ2v) is 5.82. The first-order chi connectivity index (χ1) is 11.8. The molecule has 0 aliphatic rings. The predicted octanol–water partition coefficient (Wildman–Crippen LogP) is 2.83. The lowest BCUT2D eigenvalue weighted by atomic mass is 10.2. The monoisotopic (exact) mass is 484 g/mol. The first-order valence-electron chi connectivity index (χ1n) is 8.06. The van der Waals surface area contributed by atoms with Crippen LogP contribution in [0.25, 0.3) is 0 Å². The summed E-state index contributed by atoms with van der Waals surface area (Å²) in [6, 6.07) is 6.56. The molecule has 1 aromatic rings. The fraction of sp³-hybridized carbons (Fsp3) is 0.529. The Hall–Kier alpha value is -1.65. The summed E-state index contributed by atoms with van der Waals surface area (Å²) in [5.74, 6) is 0.751. The van der Waals surface area contributed by atoms with E-state index in [2.05, 4.69) is 20.4 Å². The number of alkyl halides is 2. The normalized spacial score (nSPS) is 11.2. The van der Waals surface area contributed by atoms with Crippen molar-refractivity contribution in [1.29, 1.82) is 0 Å². The third-order valence-electron chi connectivity index (χ3n) is 3.23. The molecule has 148 valence electrons. The number of carbonyl (C=O) groups excluding carboxylic acids is 1. The summed E-state index contributed by atoms with van der Waals surface area (Å²) in [5, 5.41) is 5.95. The Morgan fingerprint density at radius 2 is 1.88 bits per heavy atom. The van der Waals surface area contributed by atoms with E-state index in [1.54, 1.807) is 19.2 Å². The maximum Gasteiger partial charge on any atom is 0.387 e. The molecule has 0 atom stereocenters. The number of ether oxygens (including phenoxy) is 1. The molecule has 0 bridgehead atoms. The number of nitrogens with zero attached hydrogens (tertiary/aromatic N) is 2. The van der Waals surface area contributed by atoms with Gasteiger partial charge in [0.1, 0.15) is 5.75 Å². The summed E-state index contributed by atoms with van der Waals surface area (Å²) in [4.78, 5) is 17.7. The number of halogens is 3. The molecule has 0 fully saturated rings. The number of hydrogen-bond acceptors (Lipinski definition) is 3. The Morgan fingerprint density at radius 1 is 1.27 bits per heavy atom. The van der Waals surface area contributed by atoms with Crippen LogP contribution in [0.3, 0.4) is 0 Å². The van der Waals surface area contributed by atoms with Crippen molar-refractivity contribution in [2.45, 2.75) is 39.5 Å². The molecular weight excluding hydrogens is 457 g/mol. The van der Waals surface area contributed by atoms with Crippen LogP contribution in [-0.4, -0.2) is 50.1 Å². The highest BCUT2D eigenvalue weighted by Gasteiger charge is 2.09. The molecule has 0 saturated heterocycles. The van der Waals surface area contributed by atoms with Crippen LogP contribution in [0.15, 0.2) is 29.3 Å². The Labute approximate surface area is 170 Å². The van der Waals surface area contributed by atoms with E-state index >= 15 is 0 Å². The summed E-state index contributed by atoms with van der Waals surface area (Å²) in [6.45, 7) is 2.00. The van der Waals surface area contributed by atoms with Gasteiger partial charge in [-0.2, -0.15) is 8.78 Å². The fourth-order valence-electron chi connectivity index (χ4n) is 2.19. The Bertz CT molecular complexity index is 568. The molecule has 0 saturated carbocycles. The Kier molecular flexibility index (Phi) is 11.9. The van der Waals surface area contributed by atoms with Crippen LogP contribution in [0.2, 0.25) is 0 Å². The maximum absolute atomic E-state index is 12.1. The van der Waals surface area contributed by atoms with Gasteiger partial charge in [-0.3, -0.25) is 9.79 Å². The third-order valence-corrected chi connectivity index (χ3v) is 3.23. The highest BCUT2D eigenvalue weighted by Crippen LogP contribution is 2.15. The molecule has 0 unspecified atom stereocenters. The highest BCUT2D eigenvalue weighted by molar-refractivity contribution is 14.0. The van der Waals surface area contributed by atoms with E-state index in [4.69, 9.17) is 0 Å². The molecule has 1 rings (SSSR count). The molecule has 0 aliphatic heterocycles. The molecular formula is C17H27F2IN4O2. The van der Waals surface area contributed by atoms with Crippen LogP contribution >= 0.6 is 24.0 Å². The van der Waals surface area contributed by atoms with Gasteiger partial charge < -0.3 is 20.3 Å². The van der Waals surface area contributed by atoms with Crippen molar-refractivity contribution in [1.82, 2.24) is 15.5 Å². The van der Waals surface area contributed by atoms with E-state index in [0.717, 1.165) is 5.56 Å². The largest absolute Gasteiger partial charge is 0.435 e. The smallest absolute Gasteiger partial charge is 0.387 e. The Morgan fingerprint density at radius 3 is 2.38 bits per heavy atom.